The molecular weight excluding hydrogens is 653 g/mol. The Morgan fingerprint density at radius 2 is 1.21 bits per heavy atom. The molecule has 2 heterocycles. The minimum Gasteiger partial charge on any atom is -0.464 e. The van der Waals surface area contributed by atoms with E-state index in [2.05, 4.69) is 5.32 Å². The summed E-state index contributed by atoms with van der Waals surface area (Å²) >= 11 is 0. The number of carbonyl (C=O) groups is 2. The first kappa shape index (κ1) is 37.9. The predicted octanol–water partition coefficient (Wildman–Crippen LogP) is 4.07. The number of amides is 1. The van der Waals surface area contributed by atoms with Crippen molar-refractivity contribution in [3.05, 3.63) is 47.5 Å². The summed E-state index contributed by atoms with van der Waals surface area (Å²) < 4.78 is 100. The summed E-state index contributed by atoms with van der Waals surface area (Å²) in [4.78, 5) is 24.2. The molecule has 48 heavy (non-hydrogen) atoms. The Kier molecular flexibility index (Phi) is 10.1. The number of hydrogen-bond acceptors (Lipinski definition) is 9. The van der Waals surface area contributed by atoms with Gasteiger partial charge in [0.2, 0.25) is 9.84 Å². The monoisotopic (exact) mass is 695 g/mol. The fourth-order valence-corrected chi connectivity index (χ4v) is 6.20. The number of alkyl halides is 3. The summed E-state index contributed by atoms with van der Waals surface area (Å²) in [5.41, 5.74) is -4.95. The van der Waals surface area contributed by atoms with E-state index in [4.69, 9.17) is 23.4 Å². The zero-order valence-electron chi connectivity index (χ0n) is 28.8. The van der Waals surface area contributed by atoms with E-state index in [1.54, 1.807) is 55.4 Å². The van der Waals surface area contributed by atoms with Crippen LogP contribution >= 0.6 is 0 Å². The molecular formula is C32H42B2F3NO9S. The van der Waals surface area contributed by atoms with Crippen molar-refractivity contribution in [1.82, 2.24) is 5.32 Å². The second-order valence-electron chi connectivity index (χ2n) is 14.5. The summed E-state index contributed by atoms with van der Waals surface area (Å²) in [5.74, 6) is -1.46. The van der Waals surface area contributed by atoms with Crippen molar-refractivity contribution >= 4 is 46.9 Å². The standard InChI is InChI=1S/C32H42B2F3NO9S/c1-19(2)18-43-26(39)17-38-27(40)20-11-22(33-44-28(3,4)29(5,6)45-33)15-24(12-20)48(41,42)25-14-21(32(35,36)37)13-23(16-25)34-46-30(7,8)31(9,10)47-34/h11-16,19H,17-18H2,1-10H3,(H,38,40). The highest BCUT2D eigenvalue weighted by molar-refractivity contribution is 7.91. The maximum Gasteiger partial charge on any atom is 0.494 e. The Bertz CT molecular complexity index is 1660. The normalized spacial score (nSPS) is 19.9. The number of sulfone groups is 1. The fourth-order valence-electron chi connectivity index (χ4n) is 4.78. The predicted molar refractivity (Wildman–Crippen MR) is 173 cm³/mol. The Balaban J connectivity index is 1.81. The van der Waals surface area contributed by atoms with Crippen LogP contribution in [-0.2, 0) is 44.2 Å². The Labute approximate surface area is 280 Å². The molecule has 0 spiro atoms. The van der Waals surface area contributed by atoms with Crippen LogP contribution in [0.1, 0.15) is 85.2 Å². The molecule has 2 fully saturated rings. The first-order chi connectivity index (χ1) is 21.8. The minimum atomic E-state index is -4.91. The van der Waals surface area contributed by atoms with Crippen molar-refractivity contribution in [2.75, 3.05) is 13.2 Å². The molecule has 0 bridgehead atoms. The zero-order valence-corrected chi connectivity index (χ0v) is 29.6. The summed E-state index contributed by atoms with van der Waals surface area (Å²) in [6.45, 7) is 17.3. The van der Waals surface area contributed by atoms with Crippen LogP contribution in [0.3, 0.4) is 0 Å². The van der Waals surface area contributed by atoms with E-state index in [0.29, 0.717) is 6.07 Å². The molecule has 2 saturated heterocycles. The van der Waals surface area contributed by atoms with Gasteiger partial charge in [-0.15, -0.1) is 0 Å². The number of ether oxygens (including phenoxy) is 1. The van der Waals surface area contributed by atoms with E-state index >= 15 is 0 Å². The van der Waals surface area contributed by atoms with Crippen LogP contribution < -0.4 is 16.2 Å². The van der Waals surface area contributed by atoms with Crippen molar-refractivity contribution in [2.24, 2.45) is 5.92 Å². The first-order valence-corrected chi connectivity index (χ1v) is 17.0. The number of halogens is 3. The molecule has 2 aliphatic rings. The number of carbonyl (C=O) groups excluding carboxylic acids is 2. The van der Waals surface area contributed by atoms with Crippen LogP contribution in [0.4, 0.5) is 13.2 Å². The molecule has 0 atom stereocenters. The van der Waals surface area contributed by atoms with Gasteiger partial charge in [0.15, 0.2) is 0 Å². The first-order valence-electron chi connectivity index (χ1n) is 15.5. The Morgan fingerprint density at radius 3 is 1.65 bits per heavy atom. The number of hydrogen-bond donors (Lipinski definition) is 1. The lowest BCUT2D eigenvalue weighted by Crippen LogP contribution is -2.41. The quantitative estimate of drug-likeness (QED) is 0.306. The van der Waals surface area contributed by atoms with Gasteiger partial charge in [0.1, 0.15) is 6.54 Å². The number of benzene rings is 2. The zero-order chi connectivity index (χ0) is 36.3. The van der Waals surface area contributed by atoms with E-state index in [0.717, 1.165) is 18.2 Å². The molecule has 1 amide bonds. The molecule has 0 aliphatic carbocycles. The third-order valence-electron chi connectivity index (χ3n) is 9.09. The van der Waals surface area contributed by atoms with Gasteiger partial charge in [0.05, 0.1) is 44.4 Å². The van der Waals surface area contributed by atoms with E-state index < -0.39 is 86.4 Å². The second-order valence-corrected chi connectivity index (χ2v) is 16.5. The molecule has 4 rings (SSSR count). The van der Waals surface area contributed by atoms with E-state index in [1.807, 2.05) is 13.8 Å². The smallest absolute Gasteiger partial charge is 0.464 e. The summed E-state index contributed by atoms with van der Waals surface area (Å²) in [6.07, 6.45) is -4.91. The average molecular weight is 695 g/mol. The van der Waals surface area contributed by atoms with Crippen molar-refractivity contribution in [3.63, 3.8) is 0 Å². The molecule has 0 aromatic heterocycles. The summed E-state index contributed by atoms with van der Waals surface area (Å²) in [5, 5.41) is 2.41. The number of nitrogens with one attached hydrogen (secondary N) is 1. The maximum absolute atomic E-state index is 14.2. The van der Waals surface area contributed by atoms with Crippen molar-refractivity contribution in [1.29, 1.82) is 0 Å². The highest BCUT2D eigenvalue weighted by atomic mass is 32.2. The van der Waals surface area contributed by atoms with Gasteiger partial charge in [-0.3, -0.25) is 9.59 Å². The molecule has 10 nitrogen and oxygen atoms in total. The van der Waals surface area contributed by atoms with Gasteiger partial charge in [-0.1, -0.05) is 19.9 Å². The SMILES string of the molecule is CC(C)COC(=O)CNC(=O)c1cc(B2OC(C)(C)C(C)(C)O2)cc(S(=O)(=O)c2cc(B3OC(C)(C)C(C)(C)O3)cc(C(F)(F)F)c2)c1. The number of rotatable bonds is 9. The van der Waals surface area contributed by atoms with E-state index in [-0.39, 0.29) is 29.0 Å². The second kappa shape index (κ2) is 12.8. The summed E-state index contributed by atoms with van der Waals surface area (Å²) in [7, 11) is -7.16. The van der Waals surface area contributed by atoms with Crippen molar-refractivity contribution < 1.29 is 54.5 Å². The maximum atomic E-state index is 14.2. The third kappa shape index (κ3) is 7.77. The van der Waals surface area contributed by atoms with Gasteiger partial charge in [-0.05, 0) is 103 Å². The van der Waals surface area contributed by atoms with Crippen LogP contribution in [0.5, 0.6) is 0 Å². The van der Waals surface area contributed by atoms with E-state index in [9.17, 15) is 31.2 Å². The van der Waals surface area contributed by atoms with Gasteiger partial charge in [0.25, 0.3) is 5.91 Å². The molecule has 262 valence electrons. The lowest BCUT2D eigenvalue weighted by molar-refractivity contribution is -0.143. The molecule has 0 unspecified atom stereocenters. The highest BCUT2D eigenvalue weighted by Crippen LogP contribution is 2.39. The van der Waals surface area contributed by atoms with Gasteiger partial charge in [-0.25, -0.2) is 8.42 Å². The van der Waals surface area contributed by atoms with Crippen LogP contribution in [0, 0.1) is 5.92 Å². The van der Waals surface area contributed by atoms with Crippen LogP contribution in [0.15, 0.2) is 46.2 Å². The highest BCUT2D eigenvalue weighted by Gasteiger charge is 2.53. The molecule has 2 aliphatic heterocycles. The van der Waals surface area contributed by atoms with Crippen LogP contribution in [0.25, 0.3) is 0 Å². The molecule has 0 radical (unpaired) electrons. The largest absolute Gasteiger partial charge is 0.494 e. The Morgan fingerprint density at radius 1 is 0.771 bits per heavy atom. The van der Waals surface area contributed by atoms with Crippen molar-refractivity contribution in [2.45, 2.75) is 108 Å². The Hall–Kier alpha value is -2.91. The number of esters is 1. The van der Waals surface area contributed by atoms with Crippen molar-refractivity contribution in [3.8, 4) is 0 Å². The van der Waals surface area contributed by atoms with Crippen LogP contribution in [0.2, 0.25) is 0 Å². The van der Waals surface area contributed by atoms with E-state index in [1.165, 1.54) is 12.1 Å². The fraction of sp³-hybridized carbons (Fsp3) is 0.562. The lowest BCUT2D eigenvalue weighted by Gasteiger charge is -2.32. The van der Waals surface area contributed by atoms with Gasteiger partial charge >= 0.3 is 26.4 Å². The van der Waals surface area contributed by atoms with Gasteiger partial charge < -0.3 is 28.7 Å². The van der Waals surface area contributed by atoms with Crippen LogP contribution in [-0.4, -0.2) is 70.1 Å². The van der Waals surface area contributed by atoms with Gasteiger partial charge in [-0.2, -0.15) is 13.2 Å². The minimum absolute atomic E-state index is 0.0650. The molecule has 2 aromatic rings. The molecule has 1 N–H and O–H groups in total. The molecule has 2 aromatic carbocycles. The average Bonchev–Trinajstić information content (AvgIpc) is 3.33. The summed E-state index contributed by atoms with van der Waals surface area (Å²) in [6, 6.07) is 5.94. The lowest BCUT2D eigenvalue weighted by atomic mass is 9.78. The van der Waals surface area contributed by atoms with Gasteiger partial charge in [0, 0.05) is 5.56 Å². The molecule has 16 heteroatoms. The molecule has 0 saturated carbocycles. The third-order valence-corrected chi connectivity index (χ3v) is 10.8. The topological polar surface area (TPSA) is 126 Å².